The van der Waals surface area contributed by atoms with E-state index in [4.69, 9.17) is 0 Å². The van der Waals surface area contributed by atoms with Crippen molar-refractivity contribution in [3.8, 4) is 27.9 Å². The molecule has 0 radical (unpaired) electrons. The topological polar surface area (TPSA) is 4.93 Å². The van der Waals surface area contributed by atoms with E-state index >= 15 is 0 Å². The van der Waals surface area contributed by atoms with Gasteiger partial charge in [0.25, 0.3) is 0 Å². The minimum atomic E-state index is 0.136. The van der Waals surface area contributed by atoms with Gasteiger partial charge >= 0.3 is 0 Å². The molecule has 0 aliphatic rings. The molecule has 1 heterocycles. The summed E-state index contributed by atoms with van der Waals surface area (Å²) in [5.41, 5.74) is 32.8. The Balaban J connectivity index is 1.08. The minimum absolute atomic E-state index is 0.136. The molecular weight excluding hydrogens is 828 g/mol. The van der Waals surface area contributed by atoms with Crippen molar-refractivity contribution < 1.29 is 0 Å². The predicted octanol–water partition coefficient (Wildman–Crippen LogP) is 12.9. The van der Waals surface area contributed by atoms with Crippen LogP contribution < -0.4 is 32.8 Å². The zero-order valence-corrected chi connectivity index (χ0v) is 42.7. The van der Waals surface area contributed by atoms with Crippen LogP contribution in [0.15, 0.2) is 164 Å². The molecule has 10 rings (SSSR count). The second-order valence-corrected chi connectivity index (χ2v) is 20.5. The summed E-state index contributed by atoms with van der Waals surface area (Å²) < 4.78 is 2.43. The molecule has 0 bridgehead atoms. The molecule has 0 fully saturated rings. The SMILES string of the molecule is Cc1cc(C)c(B(c2ccc(-c3ccc4c(c3)c3cc(-c5ccc(B(c6c(C)cc(C)cc6C)c6c(C)cc(C)cc6C)cc5)ccc3n4-c3ccccc3)cc2)c2c(C)cc(C)cc2C)c(C)c1. The highest BCUT2D eigenvalue weighted by atomic mass is 15.0. The number of aryl methyl sites for hydroxylation is 12. The number of benzene rings is 9. The van der Waals surface area contributed by atoms with Crippen molar-refractivity contribution in [2.45, 2.75) is 83.1 Å². The zero-order valence-electron chi connectivity index (χ0n) is 42.7. The smallest absolute Gasteiger partial charge is 0.242 e. The van der Waals surface area contributed by atoms with E-state index in [0.717, 1.165) is 5.69 Å². The number of para-hydroxylation sites is 1. The maximum absolute atomic E-state index is 2.43. The van der Waals surface area contributed by atoms with Crippen molar-refractivity contribution in [2.75, 3.05) is 0 Å². The lowest BCUT2D eigenvalue weighted by Crippen LogP contribution is -2.55. The van der Waals surface area contributed by atoms with Gasteiger partial charge in [0.15, 0.2) is 0 Å². The van der Waals surface area contributed by atoms with Crippen molar-refractivity contribution in [2.24, 2.45) is 0 Å². The molecule has 0 unspecified atom stereocenters. The first-order chi connectivity index (χ1) is 33.1. The second-order valence-electron chi connectivity index (χ2n) is 20.5. The van der Waals surface area contributed by atoms with Gasteiger partial charge in [0.05, 0.1) is 11.0 Å². The van der Waals surface area contributed by atoms with Gasteiger partial charge in [0.2, 0.25) is 13.4 Å². The number of nitrogens with zero attached hydrogens (tertiary/aromatic N) is 1. The third-order valence-electron chi connectivity index (χ3n) is 15.0. The van der Waals surface area contributed by atoms with Crippen LogP contribution in [0.1, 0.15) is 66.8 Å². The number of aromatic nitrogens is 1. The Bertz CT molecular complexity index is 3180. The fourth-order valence-electron chi connectivity index (χ4n) is 12.5. The highest BCUT2D eigenvalue weighted by molar-refractivity contribution is 6.97. The lowest BCUT2D eigenvalue weighted by Gasteiger charge is -2.24. The Labute approximate surface area is 412 Å². The molecule has 338 valence electrons. The van der Waals surface area contributed by atoms with Gasteiger partial charge in [-0.15, -0.1) is 0 Å². The van der Waals surface area contributed by atoms with Crippen LogP contribution in [-0.4, -0.2) is 18.0 Å². The van der Waals surface area contributed by atoms with Crippen LogP contribution in [0.2, 0.25) is 0 Å². The van der Waals surface area contributed by atoms with E-state index in [0.29, 0.717) is 0 Å². The molecule has 9 aromatic carbocycles. The summed E-state index contributed by atoms with van der Waals surface area (Å²) >= 11 is 0. The van der Waals surface area contributed by atoms with E-state index < -0.39 is 0 Å². The van der Waals surface area contributed by atoms with Gasteiger partial charge in [-0.2, -0.15) is 0 Å². The molecule has 0 spiro atoms. The molecule has 0 N–H and O–H groups in total. The number of hydrogen-bond acceptors (Lipinski definition) is 0. The quantitative estimate of drug-likeness (QED) is 0.127. The van der Waals surface area contributed by atoms with Crippen molar-refractivity contribution in [1.82, 2.24) is 4.57 Å². The predicted molar refractivity (Wildman–Crippen MR) is 304 cm³/mol. The molecule has 0 atom stereocenters. The highest BCUT2D eigenvalue weighted by Gasteiger charge is 2.30. The molecule has 0 aliphatic carbocycles. The summed E-state index contributed by atoms with van der Waals surface area (Å²) in [6, 6.07) is 62.6. The first kappa shape index (κ1) is 45.7. The normalized spacial score (nSPS) is 11.5. The van der Waals surface area contributed by atoms with Crippen molar-refractivity contribution >= 4 is 68.0 Å². The average molecular weight is 892 g/mol. The van der Waals surface area contributed by atoms with Crippen LogP contribution in [0.4, 0.5) is 0 Å². The summed E-state index contributed by atoms with van der Waals surface area (Å²) in [7, 11) is 0. The van der Waals surface area contributed by atoms with Gasteiger partial charge in [0.1, 0.15) is 0 Å². The number of hydrogen-bond donors (Lipinski definition) is 0. The number of rotatable bonds is 9. The van der Waals surface area contributed by atoms with E-state index in [-0.39, 0.29) is 13.4 Å². The summed E-state index contributed by atoms with van der Waals surface area (Å²) in [6.07, 6.45) is 0. The van der Waals surface area contributed by atoms with Crippen LogP contribution in [0.5, 0.6) is 0 Å². The Morgan fingerprint density at radius 2 is 0.551 bits per heavy atom. The van der Waals surface area contributed by atoms with Gasteiger partial charge in [-0.3, -0.25) is 0 Å². The maximum Gasteiger partial charge on any atom is 0.242 e. The van der Waals surface area contributed by atoms with Crippen molar-refractivity contribution in [1.29, 1.82) is 0 Å². The maximum atomic E-state index is 2.43. The van der Waals surface area contributed by atoms with Crippen LogP contribution in [0.3, 0.4) is 0 Å². The summed E-state index contributed by atoms with van der Waals surface area (Å²) in [4.78, 5) is 0. The second kappa shape index (κ2) is 18.1. The molecule has 1 nitrogen and oxygen atoms in total. The third kappa shape index (κ3) is 8.37. The fraction of sp³-hybridized carbons (Fsp3) is 0.182. The Morgan fingerprint density at radius 1 is 0.275 bits per heavy atom. The van der Waals surface area contributed by atoms with E-state index in [1.807, 2.05) is 0 Å². The first-order valence-corrected chi connectivity index (χ1v) is 24.8. The van der Waals surface area contributed by atoms with Crippen LogP contribution in [0, 0.1) is 83.1 Å². The molecule has 69 heavy (non-hydrogen) atoms. The Hall–Kier alpha value is -7.09. The molecule has 0 saturated carbocycles. The monoisotopic (exact) mass is 892 g/mol. The largest absolute Gasteiger partial charge is 0.309 e. The van der Waals surface area contributed by atoms with Gasteiger partial charge in [0, 0.05) is 16.5 Å². The molecule has 0 aliphatic heterocycles. The lowest BCUT2D eigenvalue weighted by molar-refractivity contribution is 1.18. The van der Waals surface area contributed by atoms with Gasteiger partial charge in [-0.05, 0) is 142 Å². The van der Waals surface area contributed by atoms with E-state index in [2.05, 4.69) is 251 Å². The van der Waals surface area contributed by atoms with Crippen molar-refractivity contribution in [3.63, 3.8) is 0 Å². The minimum Gasteiger partial charge on any atom is -0.309 e. The van der Waals surface area contributed by atoms with E-state index in [9.17, 15) is 0 Å². The molecule has 0 amide bonds. The first-order valence-electron chi connectivity index (χ1n) is 24.8. The zero-order chi connectivity index (χ0) is 48.4. The fourth-order valence-corrected chi connectivity index (χ4v) is 12.5. The average Bonchev–Trinajstić information content (AvgIpc) is 3.63. The van der Waals surface area contributed by atoms with E-state index in [1.165, 1.54) is 144 Å². The Morgan fingerprint density at radius 3 is 0.841 bits per heavy atom. The highest BCUT2D eigenvalue weighted by Crippen LogP contribution is 2.37. The van der Waals surface area contributed by atoms with E-state index in [1.54, 1.807) is 0 Å². The van der Waals surface area contributed by atoms with Crippen LogP contribution >= 0.6 is 0 Å². The van der Waals surface area contributed by atoms with Crippen molar-refractivity contribution in [3.05, 3.63) is 231 Å². The molecule has 1 aromatic heterocycles. The standard InChI is InChI=1S/C66H63B2N/c1-40-30-44(5)63(45(6)31-40)67(64-46(7)32-41(2)33-47(64)8)56-24-18-52(19-25-56)54-22-28-61-59(38-54)60-39-55(23-29-62(60)69(61)58-16-14-13-15-17-58)53-20-26-57(27-21-53)68(65-48(9)34-42(3)35-49(65)10)66-50(11)36-43(4)37-51(66)12/h13-39H,1-12H3. The van der Waals surface area contributed by atoms with Crippen LogP contribution in [-0.2, 0) is 0 Å². The molecule has 10 aromatic rings. The Kier molecular flexibility index (Phi) is 12.0. The molecule has 0 saturated heterocycles. The summed E-state index contributed by atoms with van der Waals surface area (Å²) in [5.74, 6) is 0. The number of fused-ring (bicyclic) bond motifs is 3. The summed E-state index contributed by atoms with van der Waals surface area (Å²) in [6.45, 7) is 27.4. The van der Waals surface area contributed by atoms with Gasteiger partial charge in [-0.25, -0.2) is 0 Å². The van der Waals surface area contributed by atoms with Crippen LogP contribution in [0.25, 0.3) is 49.7 Å². The summed E-state index contributed by atoms with van der Waals surface area (Å²) in [5, 5.41) is 2.50. The molecule has 3 heteroatoms. The molecular formula is C66H63B2N. The lowest BCUT2D eigenvalue weighted by atomic mass is 9.34. The van der Waals surface area contributed by atoms with Gasteiger partial charge < -0.3 is 4.57 Å². The third-order valence-corrected chi connectivity index (χ3v) is 15.0. The van der Waals surface area contributed by atoms with Gasteiger partial charge in [-0.1, -0.05) is 227 Å².